The lowest BCUT2D eigenvalue weighted by Crippen LogP contribution is -2.30. The fourth-order valence-electron chi connectivity index (χ4n) is 2.60. The van der Waals surface area contributed by atoms with Gasteiger partial charge in [0.05, 0.1) is 4.92 Å². The number of hydrogen-bond donors (Lipinski definition) is 1. The fraction of sp³-hybridized carbons (Fsp3) is 0.643. The molecule has 1 aliphatic rings. The van der Waals surface area contributed by atoms with E-state index in [2.05, 4.69) is 22.2 Å². The van der Waals surface area contributed by atoms with Crippen molar-refractivity contribution in [2.75, 3.05) is 32.0 Å². The Labute approximate surface area is 119 Å². The molecule has 6 heteroatoms. The molecule has 1 N–H and O–H groups in total. The molecule has 1 saturated heterocycles. The average molecular weight is 278 g/mol. The standard InChI is InChI=1S/C14H22N4O2/c1-11-13(18(19)20)3-4-14(16-11)15-8-5-12-6-9-17(2)10-7-12/h3-4,12H,5-10H2,1-2H3,(H,15,16). The Morgan fingerprint density at radius 3 is 2.75 bits per heavy atom. The van der Waals surface area contributed by atoms with Gasteiger partial charge >= 0.3 is 0 Å². The molecule has 1 fully saturated rings. The van der Waals surface area contributed by atoms with Gasteiger partial charge in [0.15, 0.2) is 0 Å². The largest absolute Gasteiger partial charge is 0.370 e. The van der Waals surface area contributed by atoms with Gasteiger partial charge in [0.2, 0.25) is 0 Å². The lowest BCUT2D eigenvalue weighted by Gasteiger charge is -2.28. The number of pyridine rings is 1. The van der Waals surface area contributed by atoms with Crippen LogP contribution in [-0.4, -0.2) is 41.5 Å². The number of nitrogens with one attached hydrogen (secondary N) is 1. The van der Waals surface area contributed by atoms with Crippen LogP contribution in [0.5, 0.6) is 0 Å². The molecule has 0 bridgehead atoms. The molecule has 1 aromatic rings. The van der Waals surface area contributed by atoms with E-state index in [1.807, 2.05) is 0 Å². The molecule has 0 amide bonds. The third-order valence-corrected chi connectivity index (χ3v) is 3.95. The molecule has 6 nitrogen and oxygen atoms in total. The zero-order valence-corrected chi connectivity index (χ0v) is 12.1. The van der Waals surface area contributed by atoms with E-state index in [0.29, 0.717) is 5.69 Å². The van der Waals surface area contributed by atoms with E-state index in [9.17, 15) is 10.1 Å². The first kappa shape index (κ1) is 14.7. The fourth-order valence-corrected chi connectivity index (χ4v) is 2.60. The second-order valence-electron chi connectivity index (χ2n) is 5.52. The second kappa shape index (κ2) is 6.65. The minimum atomic E-state index is -0.398. The number of aromatic nitrogens is 1. The third-order valence-electron chi connectivity index (χ3n) is 3.95. The normalized spacial score (nSPS) is 17.1. The Kier molecular flexibility index (Phi) is 4.89. The topological polar surface area (TPSA) is 71.3 Å². The van der Waals surface area contributed by atoms with Gasteiger partial charge in [-0.05, 0) is 58.3 Å². The number of likely N-dealkylation sites (tertiary alicyclic amines) is 1. The summed E-state index contributed by atoms with van der Waals surface area (Å²) in [5.41, 5.74) is 0.533. The van der Waals surface area contributed by atoms with Crippen molar-refractivity contribution in [3.05, 3.63) is 27.9 Å². The predicted molar refractivity (Wildman–Crippen MR) is 79.0 cm³/mol. The molecule has 2 rings (SSSR count). The van der Waals surface area contributed by atoms with Gasteiger partial charge in [-0.25, -0.2) is 4.98 Å². The van der Waals surface area contributed by atoms with Crippen molar-refractivity contribution >= 4 is 11.5 Å². The van der Waals surface area contributed by atoms with Crippen molar-refractivity contribution in [2.45, 2.75) is 26.2 Å². The lowest BCUT2D eigenvalue weighted by molar-refractivity contribution is -0.385. The van der Waals surface area contributed by atoms with Gasteiger partial charge in [-0.15, -0.1) is 0 Å². The van der Waals surface area contributed by atoms with E-state index in [0.717, 1.165) is 24.7 Å². The van der Waals surface area contributed by atoms with Crippen molar-refractivity contribution in [1.29, 1.82) is 0 Å². The van der Waals surface area contributed by atoms with Crippen molar-refractivity contribution in [2.24, 2.45) is 5.92 Å². The van der Waals surface area contributed by atoms with Crippen molar-refractivity contribution in [3.63, 3.8) is 0 Å². The van der Waals surface area contributed by atoms with Gasteiger partial charge in [-0.1, -0.05) is 0 Å². The Balaban J connectivity index is 1.79. The van der Waals surface area contributed by atoms with Crippen LogP contribution in [0.2, 0.25) is 0 Å². The molecule has 0 aliphatic carbocycles. The zero-order chi connectivity index (χ0) is 14.5. The first-order chi connectivity index (χ1) is 9.56. The van der Waals surface area contributed by atoms with E-state index < -0.39 is 4.92 Å². The first-order valence-electron chi connectivity index (χ1n) is 7.10. The maximum atomic E-state index is 10.7. The second-order valence-corrected chi connectivity index (χ2v) is 5.52. The molecule has 0 saturated carbocycles. The molecule has 0 spiro atoms. The van der Waals surface area contributed by atoms with Crippen molar-refractivity contribution < 1.29 is 4.92 Å². The minimum Gasteiger partial charge on any atom is -0.370 e. The maximum absolute atomic E-state index is 10.7. The number of anilines is 1. The summed E-state index contributed by atoms with van der Waals surface area (Å²) in [5.74, 6) is 1.50. The van der Waals surface area contributed by atoms with Crippen LogP contribution in [0.25, 0.3) is 0 Å². The van der Waals surface area contributed by atoms with Crippen LogP contribution in [0.4, 0.5) is 11.5 Å². The summed E-state index contributed by atoms with van der Waals surface area (Å²) in [4.78, 5) is 16.9. The lowest BCUT2D eigenvalue weighted by atomic mass is 9.94. The molecular weight excluding hydrogens is 256 g/mol. The molecular formula is C14H22N4O2. The average Bonchev–Trinajstić information content (AvgIpc) is 2.41. The van der Waals surface area contributed by atoms with Crippen LogP contribution in [0.3, 0.4) is 0 Å². The quantitative estimate of drug-likeness (QED) is 0.661. The first-order valence-corrected chi connectivity index (χ1v) is 7.10. The van der Waals surface area contributed by atoms with Crippen LogP contribution in [-0.2, 0) is 0 Å². The summed E-state index contributed by atoms with van der Waals surface area (Å²) in [5, 5.41) is 14.0. The van der Waals surface area contributed by atoms with Gasteiger partial charge in [-0.3, -0.25) is 10.1 Å². The van der Waals surface area contributed by atoms with E-state index in [1.54, 1.807) is 13.0 Å². The number of aryl methyl sites for hydroxylation is 1. The van der Waals surface area contributed by atoms with E-state index in [-0.39, 0.29) is 5.69 Å². The van der Waals surface area contributed by atoms with Gasteiger partial charge in [0, 0.05) is 12.6 Å². The zero-order valence-electron chi connectivity index (χ0n) is 12.1. The van der Waals surface area contributed by atoms with Crippen molar-refractivity contribution in [1.82, 2.24) is 9.88 Å². The van der Waals surface area contributed by atoms with E-state index in [4.69, 9.17) is 0 Å². The van der Waals surface area contributed by atoms with E-state index >= 15 is 0 Å². The van der Waals surface area contributed by atoms with Crippen LogP contribution in [0.15, 0.2) is 12.1 Å². The summed E-state index contributed by atoms with van der Waals surface area (Å²) in [6.45, 7) is 4.90. The molecule has 20 heavy (non-hydrogen) atoms. The molecule has 2 heterocycles. The van der Waals surface area contributed by atoms with Crippen LogP contribution >= 0.6 is 0 Å². The highest BCUT2D eigenvalue weighted by Gasteiger charge is 2.16. The maximum Gasteiger partial charge on any atom is 0.290 e. The van der Waals surface area contributed by atoms with Gasteiger partial charge in [0.1, 0.15) is 11.5 Å². The molecule has 110 valence electrons. The molecule has 1 aromatic heterocycles. The summed E-state index contributed by atoms with van der Waals surface area (Å²) in [7, 11) is 2.16. The van der Waals surface area contributed by atoms with Crippen LogP contribution < -0.4 is 5.32 Å². The predicted octanol–water partition coefficient (Wildman–Crippen LogP) is 2.44. The van der Waals surface area contributed by atoms with E-state index in [1.165, 1.54) is 32.0 Å². The Morgan fingerprint density at radius 1 is 1.45 bits per heavy atom. The Hall–Kier alpha value is -1.69. The number of nitro groups is 1. The Bertz CT molecular complexity index is 470. The number of nitrogens with zero attached hydrogens (tertiary/aromatic N) is 3. The Morgan fingerprint density at radius 2 is 2.15 bits per heavy atom. The third kappa shape index (κ3) is 3.90. The monoisotopic (exact) mass is 278 g/mol. The highest BCUT2D eigenvalue weighted by Crippen LogP contribution is 2.20. The van der Waals surface area contributed by atoms with Crippen molar-refractivity contribution in [3.8, 4) is 0 Å². The number of hydrogen-bond acceptors (Lipinski definition) is 5. The SMILES string of the molecule is Cc1nc(NCCC2CCN(C)CC2)ccc1[N+](=O)[O-]. The van der Waals surface area contributed by atoms with Gasteiger partial charge < -0.3 is 10.2 Å². The van der Waals surface area contributed by atoms with Crippen LogP contribution in [0.1, 0.15) is 25.0 Å². The summed E-state index contributed by atoms with van der Waals surface area (Å²) in [6, 6.07) is 3.19. The molecule has 0 atom stereocenters. The highest BCUT2D eigenvalue weighted by molar-refractivity contribution is 5.44. The van der Waals surface area contributed by atoms with Gasteiger partial charge in [-0.2, -0.15) is 0 Å². The molecule has 0 unspecified atom stereocenters. The van der Waals surface area contributed by atoms with Gasteiger partial charge in [0.25, 0.3) is 5.69 Å². The molecule has 0 aromatic carbocycles. The molecule has 0 radical (unpaired) electrons. The molecule has 1 aliphatic heterocycles. The number of rotatable bonds is 5. The van der Waals surface area contributed by atoms with Crippen LogP contribution in [0, 0.1) is 23.0 Å². The summed E-state index contributed by atoms with van der Waals surface area (Å²) >= 11 is 0. The smallest absolute Gasteiger partial charge is 0.290 e. The summed E-state index contributed by atoms with van der Waals surface area (Å²) in [6.07, 6.45) is 3.64. The number of piperidine rings is 1. The highest BCUT2D eigenvalue weighted by atomic mass is 16.6. The summed E-state index contributed by atoms with van der Waals surface area (Å²) < 4.78 is 0. The minimum absolute atomic E-state index is 0.0749.